The average molecular weight is 289 g/mol. The molecule has 1 aromatic heterocycles. The van der Waals surface area contributed by atoms with E-state index in [9.17, 15) is 4.79 Å². The van der Waals surface area contributed by atoms with Crippen molar-refractivity contribution in [1.29, 1.82) is 5.26 Å². The van der Waals surface area contributed by atoms with Crippen LogP contribution < -0.4 is 5.56 Å². The Hall–Kier alpha value is -3.46. The van der Waals surface area contributed by atoms with Crippen LogP contribution in [0.2, 0.25) is 0 Å². The molecule has 0 bridgehead atoms. The fraction of sp³-hybridized carbons (Fsp3) is 0. The molecule has 0 saturated carbocycles. The summed E-state index contributed by atoms with van der Waals surface area (Å²) in [6.45, 7) is 0. The van der Waals surface area contributed by atoms with Crippen molar-refractivity contribution in [2.24, 2.45) is 10.2 Å². The molecule has 0 fully saturated rings. The summed E-state index contributed by atoms with van der Waals surface area (Å²) in [5.41, 5.74) is 2.42. The Balaban J connectivity index is 1.95. The van der Waals surface area contributed by atoms with Crippen molar-refractivity contribution >= 4 is 11.4 Å². The number of rotatable bonds is 3. The van der Waals surface area contributed by atoms with Gasteiger partial charge in [-0.15, -0.1) is 5.11 Å². The van der Waals surface area contributed by atoms with Crippen LogP contribution in [0.3, 0.4) is 0 Å². The number of benzene rings is 2. The van der Waals surface area contributed by atoms with Gasteiger partial charge in [-0.25, -0.2) is 0 Å². The van der Waals surface area contributed by atoms with E-state index in [1.165, 1.54) is 0 Å². The normalized spacial score (nSPS) is 10.7. The summed E-state index contributed by atoms with van der Waals surface area (Å²) < 4.78 is 0. The lowest BCUT2D eigenvalue weighted by Gasteiger charge is -1.97. The first kappa shape index (κ1) is 13.5. The summed E-state index contributed by atoms with van der Waals surface area (Å²) in [5.74, 6) is 0. The Labute approximate surface area is 125 Å². The number of H-pyrrole nitrogens is 2. The summed E-state index contributed by atoms with van der Waals surface area (Å²) >= 11 is 0. The minimum absolute atomic E-state index is 0.218. The zero-order valence-electron chi connectivity index (χ0n) is 11.4. The van der Waals surface area contributed by atoms with E-state index in [0.29, 0.717) is 16.9 Å². The van der Waals surface area contributed by atoms with Crippen molar-refractivity contribution < 1.29 is 0 Å². The van der Waals surface area contributed by atoms with Gasteiger partial charge >= 0.3 is 0 Å². The molecule has 0 radical (unpaired) electrons. The highest BCUT2D eigenvalue weighted by atomic mass is 16.1. The van der Waals surface area contributed by atoms with Crippen molar-refractivity contribution in [3.05, 3.63) is 70.5 Å². The fourth-order valence-electron chi connectivity index (χ4n) is 1.97. The minimum Gasteiger partial charge on any atom is -0.295 e. The molecule has 22 heavy (non-hydrogen) atoms. The van der Waals surface area contributed by atoms with Crippen LogP contribution in [0, 0.1) is 11.3 Å². The first-order valence-corrected chi connectivity index (χ1v) is 6.56. The Morgan fingerprint density at radius 1 is 0.909 bits per heavy atom. The van der Waals surface area contributed by atoms with Crippen LogP contribution in [0.15, 0.2) is 69.6 Å². The number of nitrogens with one attached hydrogen (secondary N) is 2. The molecule has 6 heteroatoms. The first-order chi connectivity index (χ1) is 10.8. The summed E-state index contributed by atoms with van der Waals surface area (Å²) in [4.78, 5) is 11.9. The zero-order valence-corrected chi connectivity index (χ0v) is 11.4. The van der Waals surface area contributed by atoms with E-state index in [2.05, 4.69) is 20.4 Å². The molecule has 0 aliphatic heterocycles. The molecule has 106 valence electrons. The molecule has 2 N–H and O–H groups in total. The minimum atomic E-state index is -0.337. The van der Waals surface area contributed by atoms with Crippen LogP contribution in [-0.4, -0.2) is 10.2 Å². The molecule has 1 heterocycles. The lowest BCUT2D eigenvalue weighted by atomic mass is 10.1. The molecule has 6 nitrogen and oxygen atoms in total. The van der Waals surface area contributed by atoms with Crippen molar-refractivity contribution in [2.45, 2.75) is 0 Å². The number of nitriles is 1. The lowest BCUT2D eigenvalue weighted by molar-refractivity contribution is 1.06. The molecular weight excluding hydrogens is 278 g/mol. The fourth-order valence-corrected chi connectivity index (χ4v) is 1.97. The molecule has 0 amide bonds. The molecule has 0 atom stereocenters. The van der Waals surface area contributed by atoms with E-state index in [4.69, 9.17) is 5.26 Å². The molecule has 0 saturated heterocycles. The first-order valence-electron chi connectivity index (χ1n) is 6.56. The van der Waals surface area contributed by atoms with Crippen LogP contribution in [0.25, 0.3) is 11.3 Å². The van der Waals surface area contributed by atoms with Gasteiger partial charge in [0, 0.05) is 5.56 Å². The lowest BCUT2D eigenvalue weighted by Crippen LogP contribution is -1.96. The predicted octanol–water partition coefficient (Wildman–Crippen LogP) is 3.66. The largest absolute Gasteiger partial charge is 0.295 e. The third kappa shape index (κ3) is 2.69. The highest BCUT2D eigenvalue weighted by molar-refractivity contribution is 5.71. The zero-order chi connectivity index (χ0) is 15.4. The summed E-state index contributed by atoms with van der Waals surface area (Å²) in [6, 6.07) is 18.1. The molecule has 3 rings (SSSR count). The van der Waals surface area contributed by atoms with Gasteiger partial charge in [0.25, 0.3) is 5.56 Å². The van der Waals surface area contributed by atoms with E-state index < -0.39 is 0 Å². The van der Waals surface area contributed by atoms with Gasteiger partial charge < -0.3 is 0 Å². The maximum absolute atomic E-state index is 11.9. The Bertz CT molecular complexity index is 898. The number of nitrogens with zero attached hydrogens (tertiary/aromatic N) is 3. The highest BCUT2D eigenvalue weighted by Gasteiger charge is 2.10. The number of hydrogen-bond acceptors (Lipinski definition) is 4. The van der Waals surface area contributed by atoms with Crippen LogP contribution in [0.5, 0.6) is 0 Å². The summed E-state index contributed by atoms with van der Waals surface area (Å²) in [5, 5.41) is 22.2. The quantitative estimate of drug-likeness (QED) is 0.719. The van der Waals surface area contributed by atoms with Gasteiger partial charge in [0.05, 0.1) is 23.0 Å². The number of aromatic nitrogens is 2. The van der Waals surface area contributed by atoms with Gasteiger partial charge in [-0.3, -0.25) is 15.0 Å². The van der Waals surface area contributed by atoms with Gasteiger partial charge in [-0.2, -0.15) is 10.4 Å². The van der Waals surface area contributed by atoms with E-state index >= 15 is 0 Å². The molecule has 0 unspecified atom stereocenters. The standard InChI is InChI=1S/C16H11N5O/c17-10-11-6-8-13(9-7-11)18-20-15-14(19-21-16(15)22)12-4-2-1-3-5-12/h1-9H,(H2,19,21,22). The monoisotopic (exact) mass is 289 g/mol. The van der Waals surface area contributed by atoms with Crippen molar-refractivity contribution in [2.75, 3.05) is 0 Å². The van der Waals surface area contributed by atoms with Gasteiger partial charge in [0.1, 0.15) is 0 Å². The van der Waals surface area contributed by atoms with Crippen LogP contribution in [0.1, 0.15) is 5.56 Å². The van der Waals surface area contributed by atoms with Crippen LogP contribution in [0.4, 0.5) is 11.4 Å². The number of azo groups is 1. The Morgan fingerprint density at radius 2 is 1.64 bits per heavy atom. The van der Waals surface area contributed by atoms with Crippen molar-refractivity contribution in [3.63, 3.8) is 0 Å². The second-order valence-corrected chi connectivity index (χ2v) is 4.53. The maximum atomic E-state index is 11.9. The third-order valence-corrected chi connectivity index (χ3v) is 3.08. The summed E-state index contributed by atoms with van der Waals surface area (Å²) in [6.07, 6.45) is 0. The molecule has 0 aliphatic rings. The van der Waals surface area contributed by atoms with E-state index in [0.717, 1.165) is 5.56 Å². The molecule has 2 aromatic carbocycles. The van der Waals surface area contributed by atoms with E-state index in [-0.39, 0.29) is 11.2 Å². The SMILES string of the molecule is N#Cc1ccc(N=Nc2c(-c3ccccc3)[nH][nH]c2=O)cc1. The molecule has 3 aromatic rings. The van der Waals surface area contributed by atoms with Gasteiger partial charge in [0.2, 0.25) is 0 Å². The summed E-state index contributed by atoms with van der Waals surface area (Å²) in [7, 11) is 0. The van der Waals surface area contributed by atoms with Crippen molar-refractivity contribution in [1.82, 2.24) is 10.2 Å². The molecule has 0 aliphatic carbocycles. The maximum Gasteiger partial charge on any atom is 0.292 e. The van der Waals surface area contributed by atoms with E-state index in [1.807, 2.05) is 36.4 Å². The van der Waals surface area contributed by atoms with Crippen LogP contribution >= 0.6 is 0 Å². The predicted molar refractivity (Wildman–Crippen MR) is 82.2 cm³/mol. The van der Waals surface area contributed by atoms with Gasteiger partial charge in [-0.1, -0.05) is 30.3 Å². The Kier molecular flexibility index (Phi) is 3.62. The molecular formula is C16H11N5O. The average Bonchev–Trinajstić information content (AvgIpc) is 2.95. The highest BCUT2D eigenvalue weighted by Crippen LogP contribution is 2.26. The number of aromatic amines is 2. The van der Waals surface area contributed by atoms with Crippen LogP contribution in [-0.2, 0) is 0 Å². The smallest absolute Gasteiger partial charge is 0.292 e. The Morgan fingerprint density at radius 3 is 2.32 bits per heavy atom. The second-order valence-electron chi connectivity index (χ2n) is 4.53. The van der Waals surface area contributed by atoms with E-state index in [1.54, 1.807) is 24.3 Å². The van der Waals surface area contributed by atoms with Gasteiger partial charge in [0.15, 0.2) is 5.69 Å². The number of hydrogen-bond donors (Lipinski definition) is 2. The van der Waals surface area contributed by atoms with Crippen molar-refractivity contribution in [3.8, 4) is 17.3 Å². The second kappa shape index (κ2) is 5.89. The van der Waals surface area contributed by atoms with Gasteiger partial charge in [-0.05, 0) is 24.3 Å². The molecule has 0 spiro atoms. The topological polar surface area (TPSA) is 97.2 Å². The third-order valence-electron chi connectivity index (χ3n) is 3.08.